The molecule has 64 heavy (non-hydrogen) atoms. The largest absolute Gasteiger partial charge is 1.00 e. The summed E-state index contributed by atoms with van der Waals surface area (Å²) in [5, 5.41) is 19.3. The van der Waals surface area contributed by atoms with Crippen LogP contribution in [0.15, 0.2) is 10.2 Å². The maximum atomic E-state index is 11.7. The predicted molar refractivity (Wildman–Crippen MR) is 201 cm³/mol. The molecule has 2 saturated heterocycles. The van der Waals surface area contributed by atoms with Gasteiger partial charge in [0.05, 0.1) is 131 Å². The molecule has 2 aliphatic rings. The van der Waals surface area contributed by atoms with E-state index in [1.807, 2.05) is 0 Å². The number of carboxylic acid groups (broad SMARTS) is 1. The molecular formula is C30H49N8NaO23S2. The number of azide groups is 2. The topological polar surface area (TPSA) is 442 Å². The van der Waals surface area contributed by atoms with Crippen molar-refractivity contribution in [1.82, 2.24) is 10.1 Å². The molecule has 0 aromatic rings. The van der Waals surface area contributed by atoms with Crippen LogP contribution in [0.4, 0.5) is 0 Å². The Morgan fingerprint density at radius 3 is 1.28 bits per heavy atom. The first-order valence-electron chi connectivity index (χ1n) is 18.3. The molecule has 0 saturated carbocycles. The summed E-state index contributed by atoms with van der Waals surface area (Å²) in [6.45, 7) is 5.78. The number of rotatable bonds is 33. The van der Waals surface area contributed by atoms with E-state index >= 15 is 0 Å². The number of hydroxylamine groups is 4. The minimum absolute atomic E-state index is 0. The molecule has 2 heterocycles. The van der Waals surface area contributed by atoms with Gasteiger partial charge in [-0.25, -0.2) is 13.2 Å². The van der Waals surface area contributed by atoms with Crippen molar-refractivity contribution in [2.75, 3.05) is 119 Å². The van der Waals surface area contributed by atoms with Crippen LogP contribution in [-0.4, -0.2) is 211 Å². The third kappa shape index (κ3) is 31.2. The van der Waals surface area contributed by atoms with Gasteiger partial charge in [-0.15, -0.1) is 5.06 Å². The smallest absolute Gasteiger partial charge is 0.747 e. The molecule has 0 aromatic carbocycles. The van der Waals surface area contributed by atoms with Crippen LogP contribution in [0.25, 0.3) is 20.9 Å². The van der Waals surface area contributed by atoms with Crippen molar-refractivity contribution in [2.45, 2.75) is 36.2 Å². The second-order valence-electron chi connectivity index (χ2n) is 11.6. The Hall–Kier alpha value is -3.70. The summed E-state index contributed by atoms with van der Waals surface area (Å²) in [7, 11) is -9.61. The molecule has 2 unspecified atom stereocenters. The van der Waals surface area contributed by atoms with Crippen molar-refractivity contribution in [3.8, 4) is 0 Å². The molecule has 0 radical (unpaired) electrons. The Morgan fingerprint density at radius 1 is 0.625 bits per heavy atom. The van der Waals surface area contributed by atoms with E-state index in [9.17, 15) is 50.2 Å². The van der Waals surface area contributed by atoms with Gasteiger partial charge in [-0.2, -0.15) is 13.5 Å². The van der Waals surface area contributed by atoms with E-state index in [-0.39, 0.29) is 85.5 Å². The van der Waals surface area contributed by atoms with Gasteiger partial charge in [0.15, 0.2) is 5.25 Å². The van der Waals surface area contributed by atoms with Crippen molar-refractivity contribution in [3.63, 3.8) is 0 Å². The number of carbonyl (C=O) groups excluding carboxylic acids is 5. The maximum Gasteiger partial charge on any atom is 1.00 e. The number of amides is 4. The Kier molecular flexibility index (Phi) is 36.6. The minimum Gasteiger partial charge on any atom is -0.747 e. The van der Waals surface area contributed by atoms with Crippen LogP contribution >= 0.6 is 0 Å². The third-order valence-electron chi connectivity index (χ3n) is 6.98. The quantitative estimate of drug-likeness (QED) is 0.00811. The average Bonchev–Trinajstić information content (AvgIpc) is 3.66. The van der Waals surface area contributed by atoms with Gasteiger partial charge < -0.3 is 52.4 Å². The van der Waals surface area contributed by atoms with E-state index in [1.54, 1.807) is 0 Å². The van der Waals surface area contributed by atoms with E-state index in [0.29, 0.717) is 85.8 Å². The molecule has 34 heteroatoms. The Balaban J connectivity index is 0. The molecule has 0 spiro atoms. The molecule has 3 N–H and O–H groups in total. The zero-order valence-electron chi connectivity index (χ0n) is 34.6. The van der Waals surface area contributed by atoms with Crippen LogP contribution in [0.1, 0.15) is 25.7 Å². The summed E-state index contributed by atoms with van der Waals surface area (Å²) >= 11 is 0. The summed E-state index contributed by atoms with van der Waals surface area (Å²) in [5.41, 5.74) is 16.1. The van der Waals surface area contributed by atoms with Crippen molar-refractivity contribution < 1.29 is 137 Å². The van der Waals surface area contributed by atoms with Crippen molar-refractivity contribution in [3.05, 3.63) is 20.9 Å². The molecule has 2 rings (SSSR count). The number of ether oxygens (including phenoxy) is 8. The second-order valence-corrected chi connectivity index (χ2v) is 14.8. The van der Waals surface area contributed by atoms with E-state index in [2.05, 4.69) is 24.9 Å². The van der Waals surface area contributed by atoms with Gasteiger partial charge in [-0.05, 0) is 11.1 Å². The molecule has 2 aliphatic heterocycles. The normalized spacial score (nSPS) is 15.9. The molecule has 31 nitrogen and oxygen atoms in total. The number of carboxylic acids is 1. The monoisotopic (exact) mass is 976 g/mol. The van der Waals surface area contributed by atoms with Crippen LogP contribution in [-0.2, 0) is 91.7 Å². The number of imide groups is 2. The standard InChI is InChI=1S/C15H24N4O11S.C11H21N3O6.C4H5NO6S.Na/c16-18-17-2-4-27-6-8-29-10-9-28-7-5-26-3-1-14(21)30-19-13(20)11-12(15(19)22)31(23,24)25;12-14-13-2-4-18-6-8-20-10-9-19-7-5-17-3-1-11(15)16;6-3-1-2(12(9,10)11)4(7)5(3)8;/h12H,1-11H2,(H,23,24,25);1-10H2,(H,15,16);2,8H,1H2,(H,9,10,11);/q;;;+1/p-1. The van der Waals surface area contributed by atoms with Gasteiger partial charge in [-0.1, -0.05) is 10.2 Å². The molecule has 0 aromatic heterocycles. The van der Waals surface area contributed by atoms with Crippen LogP contribution in [0.3, 0.4) is 0 Å². The zero-order valence-corrected chi connectivity index (χ0v) is 38.2. The van der Waals surface area contributed by atoms with Gasteiger partial charge >= 0.3 is 41.5 Å². The van der Waals surface area contributed by atoms with E-state index in [1.165, 1.54) is 0 Å². The first kappa shape index (κ1) is 62.4. The van der Waals surface area contributed by atoms with Crippen molar-refractivity contribution >= 4 is 55.8 Å². The van der Waals surface area contributed by atoms with Crippen molar-refractivity contribution in [2.24, 2.45) is 10.2 Å². The fraction of sp³-hybridized carbons (Fsp3) is 0.800. The zero-order chi connectivity index (χ0) is 47.5. The van der Waals surface area contributed by atoms with E-state index < -0.39 is 79.1 Å². The summed E-state index contributed by atoms with van der Waals surface area (Å²) in [4.78, 5) is 76.0. The molecule has 360 valence electrons. The predicted octanol–water partition coefficient (Wildman–Crippen LogP) is -4.88. The SMILES string of the molecule is O=C1CC(S(=O)(=O)[O-])C(=O)N1O.[N-]=[N+]=NCCOCCOCCOCCOCCC(=O)O.[N-]=[N+]=NCCOCCOCCOCCOCCC(=O)ON1C(=O)CC(S(=O)(=O)O)C1=O.[Na+]. The van der Waals surface area contributed by atoms with Gasteiger partial charge in [0, 0.05) is 22.9 Å². The fourth-order valence-electron chi connectivity index (χ4n) is 4.01. The van der Waals surface area contributed by atoms with Gasteiger partial charge in [0.25, 0.3) is 33.7 Å². The fourth-order valence-corrected chi connectivity index (χ4v) is 5.41. The average molecular weight is 977 g/mol. The van der Waals surface area contributed by atoms with Gasteiger partial charge in [0.2, 0.25) is 0 Å². The Bertz CT molecular complexity index is 1740. The number of aliphatic carboxylic acids is 1. The molecule has 2 atom stereocenters. The van der Waals surface area contributed by atoms with Crippen LogP contribution < -0.4 is 29.6 Å². The van der Waals surface area contributed by atoms with Gasteiger partial charge in [0.1, 0.15) is 15.4 Å². The molecule has 2 fully saturated rings. The first-order valence-corrected chi connectivity index (χ1v) is 21.3. The number of hydrogen-bond donors (Lipinski definition) is 3. The molecule has 4 amide bonds. The van der Waals surface area contributed by atoms with Crippen LogP contribution in [0.2, 0.25) is 0 Å². The summed E-state index contributed by atoms with van der Waals surface area (Å²) in [6.07, 6.45) is -1.87. The minimum atomic E-state index is -4.84. The summed E-state index contributed by atoms with van der Waals surface area (Å²) < 4.78 is 103. The van der Waals surface area contributed by atoms with E-state index in [4.69, 9.17) is 63.8 Å². The second kappa shape index (κ2) is 37.5. The Labute approximate surface area is 387 Å². The Morgan fingerprint density at radius 2 is 0.984 bits per heavy atom. The summed E-state index contributed by atoms with van der Waals surface area (Å²) in [6, 6.07) is 0. The van der Waals surface area contributed by atoms with Gasteiger partial charge in [-0.3, -0.25) is 33.7 Å². The van der Waals surface area contributed by atoms with Crippen LogP contribution in [0, 0.1) is 0 Å². The molecule has 0 aliphatic carbocycles. The number of nitrogens with zero attached hydrogens (tertiary/aromatic N) is 8. The molecular weight excluding hydrogens is 927 g/mol. The van der Waals surface area contributed by atoms with Crippen LogP contribution in [0.5, 0.6) is 0 Å². The number of hydrogen-bond acceptors (Lipinski definition) is 23. The van der Waals surface area contributed by atoms with E-state index in [0.717, 1.165) is 0 Å². The first-order chi connectivity index (χ1) is 29.9. The maximum absolute atomic E-state index is 11.7. The third-order valence-corrected chi connectivity index (χ3v) is 9.14. The van der Waals surface area contributed by atoms with Crippen molar-refractivity contribution in [1.29, 1.82) is 0 Å². The molecule has 0 bridgehead atoms. The summed E-state index contributed by atoms with van der Waals surface area (Å²) in [5.74, 6) is -6.68. The number of carbonyl (C=O) groups is 6.